The van der Waals surface area contributed by atoms with Gasteiger partial charge in [0.15, 0.2) is 5.15 Å². The first-order valence-electron chi connectivity index (χ1n) is 7.62. The second-order valence-corrected chi connectivity index (χ2v) is 9.14. The summed E-state index contributed by atoms with van der Waals surface area (Å²) in [6, 6.07) is 4.37. The van der Waals surface area contributed by atoms with Crippen LogP contribution in [0, 0.1) is 0 Å². The van der Waals surface area contributed by atoms with Gasteiger partial charge < -0.3 is 0 Å². The van der Waals surface area contributed by atoms with Crippen LogP contribution < -0.4 is 10.3 Å². The number of fused-ring (bicyclic) bond motifs is 1. The fourth-order valence-electron chi connectivity index (χ4n) is 2.61. The third-order valence-electron chi connectivity index (χ3n) is 3.84. The number of halogens is 2. The number of pyridine rings is 1. The van der Waals surface area contributed by atoms with Crippen molar-refractivity contribution in [2.45, 2.75) is 37.0 Å². The quantitative estimate of drug-likeness (QED) is 0.451. The molecule has 1 aliphatic carbocycles. The number of carbonyl (C=O) groups excluding carboxylic acids is 1. The predicted molar refractivity (Wildman–Crippen MR) is 97.6 cm³/mol. The largest absolute Gasteiger partial charge is 0.276 e. The number of amides is 1. The van der Waals surface area contributed by atoms with E-state index in [1.54, 1.807) is 0 Å². The number of carbonyl (C=O) groups is 1. The van der Waals surface area contributed by atoms with Crippen molar-refractivity contribution in [1.82, 2.24) is 15.2 Å². The molecule has 0 radical (unpaired) electrons. The number of rotatable bonds is 4. The van der Waals surface area contributed by atoms with Gasteiger partial charge in [0.2, 0.25) is 0 Å². The second kappa shape index (κ2) is 7.59. The molecule has 3 rings (SSSR count). The highest BCUT2D eigenvalue weighted by atomic mass is 35.5. The Hall–Kier alpha value is -1.19. The molecule has 1 amide bonds. The molecule has 1 aliphatic rings. The Labute approximate surface area is 159 Å². The van der Waals surface area contributed by atoms with Crippen LogP contribution in [0.25, 0.3) is 0 Å². The van der Waals surface area contributed by atoms with E-state index in [1.165, 1.54) is 40.3 Å². The van der Waals surface area contributed by atoms with E-state index in [-0.39, 0.29) is 15.2 Å². The summed E-state index contributed by atoms with van der Waals surface area (Å²) in [6.07, 6.45) is 5.34. The van der Waals surface area contributed by atoms with Gasteiger partial charge in [-0.3, -0.25) is 10.2 Å². The van der Waals surface area contributed by atoms with Crippen LogP contribution in [0.3, 0.4) is 0 Å². The third kappa shape index (κ3) is 4.32. The van der Waals surface area contributed by atoms with Gasteiger partial charge in [-0.05, 0) is 49.4 Å². The Morgan fingerprint density at radius 3 is 2.68 bits per heavy atom. The number of hydrogen-bond acceptors (Lipinski definition) is 5. The average molecular weight is 420 g/mol. The topological polar surface area (TPSA) is 88.2 Å². The molecule has 2 aromatic heterocycles. The Morgan fingerprint density at radius 2 is 1.92 bits per heavy atom. The maximum Gasteiger partial charge on any atom is 0.276 e. The van der Waals surface area contributed by atoms with Crippen LogP contribution in [0.2, 0.25) is 10.3 Å². The predicted octanol–water partition coefficient (Wildman–Crippen LogP) is 3.34. The van der Waals surface area contributed by atoms with Crippen molar-refractivity contribution in [3.05, 3.63) is 43.8 Å². The van der Waals surface area contributed by atoms with E-state index in [4.69, 9.17) is 23.2 Å². The molecule has 0 fully saturated rings. The summed E-state index contributed by atoms with van der Waals surface area (Å²) in [6.45, 7) is 0. The lowest BCUT2D eigenvalue weighted by molar-refractivity contribution is 0.0949. The normalized spacial score (nSPS) is 14.6. The fourth-order valence-corrected chi connectivity index (χ4v) is 5.26. The summed E-state index contributed by atoms with van der Waals surface area (Å²) in [5, 5.41) is -0.190. The van der Waals surface area contributed by atoms with Gasteiger partial charge in [-0.15, -0.1) is 16.2 Å². The van der Waals surface area contributed by atoms with Crippen LogP contribution in [0.15, 0.2) is 23.1 Å². The van der Waals surface area contributed by atoms with Crippen LogP contribution in [-0.4, -0.2) is 19.3 Å². The first-order chi connectivity index (χ1) is 11.9. The number of aromatic nitrogens is 1. The minimum Gasteiger partial charge on any atom is -0.273 e. The number of nitrogens with one attached hydrogen (secondary N) is 2. The number of thiophene rings is 1. The number of sulfonamides is 1. The van der Waals surface area contributed by atoms with Crippen LogP contribution >= 0.6 is 34.5 Å². The van der Waals surface area contributed by atoms with Crippen LogP contribution in [-0.2, 0) is 22.9 Å². The van der Waals surface area contributed by atoms with Gasteiger partial charge in [-0.25, -0.2) is 13.4 Å². The molecule has 2 heterocycles. The Kier molecular flexibility index (Phi) is 5.65. The SMILES string of the molecule is O=C(NNS(=O)(=O)c1ccc(Cl)nc1Cl)c1cc2c(s1)CCCCC2. The van der Waals surface area contributed by atoms with Crippen LogP contribution in [0.5, 0.6) is 0 Å². The van der Waals surface area contributed by atoms with Gasteiger partial charge in [-0.2, -0.15) is 0 Å². The van der Waals surface area contributed by atoms with Crippen LogP contribution in [0.4, 0.5) is 0 Å². The standard InChI is InChI=1S/C15H15Cl2N3O3S2/c16-13-7-6-12(14(17)18-13)25(22,23)20-19-15(21)11-8-9-4-2-1-3-5-10(9)24-11/h6-8,20H,1-5H2,(H,19,21). The minimum absolute atomic E-state index is 0.0769. The van der Waals surface area contributed by atoms with Crippen LogP contribution in [0.1, 0.15) is 39.4 Å². The van der Waals surface area contributed by atoms with Gasteiger partial charge >= 0.3 is 0 Å². The zero-order valence-electron chi connectivity index (χ0n) is 13.0. The van der Waals surface area contributed by atoms with Gasteiger partial charge in [-0.1, -0.05) is 29.6 Å². The lowest BCUT2D eigenvalue weighted by Crippen LogP contribution is -2.41. The molecule has 0 saturated carbocycles. The van der Waals surface area contributed by atoms with E-state index >= 15 is 0 Å². The molecule has 0 unspecified atom stereocenters. The van der Waals surface area contributed by atoms with Crippen molar-refractivity contribution in [1.29, 1.82) is 0 Å². The summed E-state index contributed by atoms with van der Waals surface area (Å²) in [4.78, 5) is 19.4. The molecule has 0 bridgehead atoms. The van der Waals surface area contributed by atoms with Crippen molar-refractivity contribution >= 4 is 50.5 Å². The summed E-state index contributed by atoms with van der Waals surface area (Å²) in [7, 11) is -4.05. The molecule has 2 N–H and O–H groups in total. The number of hydrazine groups is 1. The number of aryl methyl sites for hydroxylation is 2. The molecule has 0 saturated heterocycles. The molecular weight excluding hydrogens is 405 g/mol. The van der Waals surface area contributed by atoms with E-state index in [1.807, 2.05) is 10.9 Å². The summed E-state index contributed by atoms with van der Waals surface area (Å²) >= 11 is 12.9. The zero-order chi connectivity index (χ0) is 18.0. The first-order valence-corrected chi connectivity index (χ1v) is 10.7. The lowest BCUT2D eigenvalue weighted by atomic mass is 10.1. The second-order valence-electron chi connectivity index (χ2n) is 5.60. The summed E-state index contributed by atoms with van der Waals surface area (Å²) < 4.78 is 24.5. The molecule has 6 nitrogen and oxygen atoms in total. The van der Waals surface area contributed by atoms with Crippen molar-refractivity contribution in [2.75, 3.05) is 0 Å². The highest BCUT2D eigenvalue weighted by Gasteiger charge is 2.22. The molecule has 2 aromatic rings. The van der Waals surface area contributed by atoms with E-state index < -0.39 is 15.9 Å². The maximum absolute atomic E-state index is 12.3. The average Bonchev–Trinajstić information content (AvgIpc) is 2.83. The first kappa shape index (κ1) is 18.6. The Balaban J connectivity index is 1.71. The third-order valence-corrected chi connectivity index (χ3v) is 6.97. The van der Waals surface area contributed by atoms with E-state index in [0.29, 0.717) is 4.88 Å². The maximum atomic E-state index is 12.3. The van der Waals surface area contributed by atoms with E-state index in [0.717, 1.165) is 25.7 Å². The number of hydrogen-bond donors (Lipinski definition) is 2. The Morgan fingerprint density at radius 1 is 1.16 bits per heavy atom. The van der Waals surface area contributed by atoms with Crippen molar-refractivity contribution < 1.29 is 13.2 Å². The highest BCUT2D eigenvalue weighted by molar-refractivity contribution is 7.89. The molecular formula is C15H15Cl2N3O3S2. The summed E-state index contributed by atoms with van der Waals surface area (Å²) in [5.41, 5.74) is 3.40. The fraction of sp³-hybridized carbons (Fsp3) is 0.333. The molecule has 25 heavy (non-hydrogen) atoms. The van der Waals surface area contributed by atoms with Gasteiger partial charge in [0.05, 0.1) is 4.88 Å². The molecule has 10 heteroatoms. The van der Waals surface area contributed by atoms with Gasteiger partial charge in [0, 0.05) is 4.88 Å². The minimum atomic E-state index is -4.05. The zero-order valence-corrected chi connectivity index (χ0v) is 16.2. The monoisotopic (exact) mass is 419 g/mol. The molecule has 134 valence electrons. The smallest absolute Gasteiger partial charge is 0.273 e. The number of nitrogens with zero attached hydrogens (tertiary/aromatic N) is 1. The molecule has 0 aliphatic heterocycles. The van der Waals surface area contributed by atoms with Gasteiger partial charge in [0.1, 0.15) is 10.0 Å². The highest BCUT2D eigenvalue weighted by Crippen LogP contribution is 2.29. The molecule has 0 spiro atoms. The van der Waals surface area contributed by atoms with Crippen molar-refractivity contribution in [3.8, 4) is 0 Å². The lowest BCUT2D eigenvalue weighted by Gasteiger charge is -2.08. The van der Waals surface area contributed by atoms with Gasteiger partial charge in [0.25, 0.3) is 15.9 Å². The molecule has 0 atom stereocenters. The Bertz CT molecular complexity index is 889. The van der Waals surface area contributed by atoms with E-state index in [9.17, 15) is 13.2 Å². The summed E-state index contributed by atoms with van der Waals surface area (Å²) in [5.74, 6) is -0.500. The van der Waals surface area contributed by atoms with Crippen molar-refractivity contribution in [3.63, 3.8) is 0 Å². The molecule has 0 aromatic carbocycles. The van der Waals surface area contributed by atoms with Crippen molar-refractivity contribution in [2.24, 2.45) is 0 Å². The van der Waals surface area contributed by atoms with E-state index in [2.05, 4.69) is 10.4 Å².